The number of hydrogen-bond acceptors (Lipinski definition) is 3. The molecule has 0 saturated carbocycles. The molecule has 0 aromatic heterocycles. The molecule has 0 aromatic carbocycles. The van der Waals surface area contributed by atoms with E-state index < -0.39 is 5.91 Å². The van der Waals surface area contributed by atoms with Crippen molar-refractivity contribution in [1.82, 2.24) is 4.72 Å². The second-order valence-corrected chi connectivity index (χ2v) is 1.12. The largest absolute Gasteiger partial charge is 0.384 e. The lowest BCUT2D eigenvalue weighted by Crippen LogP contribution is -2.08. The topological polar surface area (TPSA) is 49.3 Å². The molecule has 0 saturated heterocycles. The molecule has 0 bridgehead atoms. The van der Waals surface area contributed by atoms with Crippen LogP contribution in [0.3, 0.4) is 0 Å². The van der Waals surface area contributed by atoms with Crippen molar-refractivity contribution in [3.8, 4) is 11.8 Å². The molecular weight excluding hydrogens is 126 g/mol. The molecule has 0 aliphatic carbocycles. The third-order valence-corrected chi connectivity index (χ3v) is 0.586. The predicted octanol–water partition coefficient (Wildman–Crippen LogP) is -1.06. The minimum Gasteiger partial charge on any atom is -0.384 e. The number of hydrogen-bond donors (Lipinski definition) is 3. The average Bonchev–Trinajstić information content (AvgIpc) is 1.83. The van der Waals surface area contributed by atoms with Gasteiger partial charge in [-0.15, -0.1) is 0 Å². The molecule has 0 aliphatic heterocycles. The quantitative estimate of drug-likeness (QED) is 0.290. The fourth-order valence-electron chi connectivity index (χ4n) is 0.148. The molecule has 0 atom stereocenters. The summed E-state index contributed by atoms with van der Waals surface area (Å²) < 4.78 is 1.97. The summed E-state index contributed by atoms with van der Waals surface area (Å²) in [5.74, 6) is 3.69. The van der Waals surface area contributed by atoms with E-state index in [1.54, 1.807) is 0 Å². The highest BCUT2D eigenvalue weighted by Gasteiger charge is 1.83. The molecule has 8 heavy (non-hydrogen) atoms. The molecule has 0 heterocycles. The van der Waals surface area contributed by atoms with Gasteiger partial charge in [-0.25, -0.2) is 0 Å². The van der Waals surface area contributed by atoms with Crippen LogP contribution in [0, 0.1) is 11.8 Å². The van der Waals surface area contributed by atoms with E-state index in [0.29, 0.717) is 0 Å². The highest BCUT2D eigenvalue weighted by Crippen LogP contribution is 1.62. The third-order valence-electron chi connectivity index (χ3n) is 0.383. The number of amides is 1. The minimum atomic E-state index is -0.512. The molecule has 0 radical (unpaired) electrons. The van der Waals surface area contributed by atoms with Crippen molar-refractivity contribution in [2.24, 2.45) is 0 Å². The Labute approximate surface area is 52.6 Å². The molecule has 0 unspecified atom stereocenters. The fourth-order valence-corrected chi connectivity index (χ4v) is 0.204. The maximum Gasteiger partial charge on any atom is 0.305 e. The number of aliphatic hydroxyl groups excluding tert-OH is 1. The summed E-state index contributed by atoms with van der Waals surface area (Å²) in [6, 6.07) is 0. The fraction of sp³-hybridized carbons (Fsp3) is 0.250. The van der Waals surface area contributed by atoms with Gasteiger partial charge in [0, 0.05) is 0 Å². The van der Waals surface area contributed by atoms with Crippen LogP contribution in [0.1, 0.15) is 0 Å². The van der Waals surface area contributed by atoms with Gasteiger partial charge in [0.05, 0.1) is 0 Å². The van der Waals surface area contributed by atoms with Crippen molar-refractivity contribution in [1.29, 1.82) is 0 Å². The smallest absolute Gasteiger partial charge is 0.305 e. The standard InChI is InChI=1S/C4H5NO2S/c6-3-1-2-4(7)5-8/h6,8H,3H2,(H,5,7). The third kappa shape index (κ3) is 3.53. The summed E-state index contributed by atoms with van der Waals surface area (Å²) in [5.41, 5.74) is 0. The molecule has 3 nitrogen and oxygen atoms in total. The Balaban J connectivity index is 3.52. The summed E-state index contributed by atoms with van der Waals surface area (Å²) in [6.45, 7) is -0.304. The zero-order valence-electron chi connectivity index (χ0n) is 4.01. The van der Waals surface area contributed by atoms with E-state index in [2.05, 4.69) is 24.7 Å². The summed E-state index contributed by atoms with van der Waals surface area (Å²) in [4.78, 5) is 10.1. The molecule has 0 aromatic rings. The molecular formula is C4H5NO2S. The van der Waals surface area contributed by atoms with Crippen LogP contribution in [0.15, 0.2) is 0 Å². The van der Waals surface area contributed by atoms with Gasteiger partial charge in [-0.3, -0.25) is 9.52 Å². The van der Waals surface area contributed by atoms with E-state index in [1.165, 1.54) is 0 Å². The molecule has 0 aliphatic rings. The first-order chi connectivity index (χ1) is 3.81. The van der Waals surface area contributed by atoms with Crippen LogP contribution in [-0.4, -0.2) is 17.6 Å². The first kappa shape index (κ1) is 7.34. The average molecular weight is 131 g/mol. The maximum atomic E-state index is 10.1. The lowest BCUT2D eigenvalue weighted by Gasteiger charge is -1.80. The molecule has 44 valence electrons. The van der Waals surface area contributed by atoms with Gasteiger partial charge >= 0.3 is 5.91 Å². The van der Waals surface area contributed by atoms with E-state index in [4.69, 9.17) is 5.11 Å². The van der Waals surface area contributed by atoms with E-state index in [-0.39, 0.29) is 6.61 Å². The second kappa shape index (κ2) is 4.50. The van der Waals surface area contributed by atoms with Gasteiger partial charge in [0.15, 0.2) is 0 Å². The van der Waals surface area contributed by atoms with Crippen molar-refractivity contribution in [3.63, 3.8) is 0 Å². The van der Waals surface area contributed by atoms with Crippen LogP contribution < -0.4 is 4.72 Å². The van der Waals surface area contributed by atoms with E-state index >= 15 is 0 Å². The normalized spacial score (nSPS) is 6.75. The summed E-state index contributed by atoms with van der Waals surface area (Å²) >= 11 is 3.40. The van der Waals surface area contributed by atoms with Gasteiger partial charge in [0.2, 0.25) is 0 Å². The summed E-state index contributed by atoms with van der Waals surface area (Å²) in [5, 5.41) is 8.03. The highest BCUT2D eigenvalue weighted by atomic mass is 32.1. The van der Waals surface area contributed by atoms with Crippen molar-refractivity contribution in [2.75, 3.05) is 6.61 Å². The molecule has 0 spiro atoms. The van der Waals surface area contributed by atoms with Crippen molar-refractivity contribution >= 4 is 18.7 Å². The molecule has 1 amide bonds. The maximum absolute atomic E-state index is 10.1. The molecule has 2 N–H and O–H groups in total. The van der Waals surface area contributed by atoms with Crippen LogP contribution in [-0.2, 0) is 4.79 Å². The first-order valence-electron chi connectivity index (χ1n) is 1.85. The number of carbonyl (C=O) groups excluding carboxylic acids is 1. The van der Waals surface area contributed by atoms with Crippen molar-refractivity contribution < 1.29 is 9.90 Å². The van der Waals surface area contributed by atoms with Crippen LogP contribution in [0.5, 0.6) is 0 Å². The molecule has 4 heteroatoms. The van der Waals surface area contributed by atoms with Gasteiger partial charge in [-0.05, 0) is 5.92 Å². The number of carbonyl (C=O) groups is 1. The Morgan fingerprint density at radius 2 is 2.50 bits per heavy atom. The van der Waals surface area contributed by atoms with Crippen LogP contribution >= 0.6 is 12.8 Å². The van der Waals surface area contributed by atoms with Crippen molar-refractivity contribution in [3.05, 3.63) is 0 Å². The lowest BCUT2D eigenvalue weighted by molar-refractivity contribution is -0.113. The summed E-state index contributed by atoms with van der Waals surface area (Å²) in [6.07, 6.45) is 0. The SMILES string of the molecule is O=C(C#CCO)NS. The minimum absolute atomic E-state index is 0.304. The van der Waals surface area contributed by atoms with Crippen molar-refractivity contribution in [2.45, 2.75) is 0 Å². The number of thiol groups is 1. The van der Waals surface area contributed by atoms with Gasteiger partial charge < -0.3 is 5.11 Å². The number of nitrogens with one attached hydrogen (secondary N) is 1. The van der Waals surface area contributed by atoms with Crippen LogP contribution in [0.25, 0.3) is 0 Å². The van der Waals surface area contributed by atoms with Gasteiger partial charge in [0.1, 0.15) is 6.61 Å². The Kier molecular flexibility index (Phi) is 4.13. The van der Waals surface area contributed by atoms with E-state index in [9.17, 15) is 4.79 Å². The van der Waals surface area contributed by atoms with Crippen LogP contribution in [0.4, 0.5) is 0 Å². The van der Waals surface area contributed by atoms with E-state index in [1.807, 2.05) is 4.72 Å². The van der Waals surface area contributed by atoms with Gasteiger partial charge in [-0.2, -0.15) is 0 Å². The zero-order valence-corrected chi connectivity index (χ0v) is 4.90. The molecule has 0 rings (SSSR count). The first-order valence-corrected chi connectivity index (χ1v) is 2.29. The Bertz CT molecular complexity index is 135. The van der Waals surface area contributed by atoms with Crippen LogP contribution in [0.2, 0.25) is 0 Å². The van der Waals surface area contributed by atoms with Gasteiger partial charge in [-0.1, -0.05) is 18.7 Å². The second-order valence-electron chi connectivity index (χ2n) is 0.901. The number of rotatable bonds is 0. The lowest BCUT2D eigenvalue weighted by atomic mass is 10.6. The Morgan fingerprint density at radius 1 is 1.88 bits per heavy atom. The molecule has 0 fully saturated rings. The monoisotopic (exact) mass is 131 g/mol. The zero-order chi connectivity index (χ0) is 6.41. The Morgan fingerprint density at radius 3 is 2.88 bits per heavy atom. The number of aliphatic hydroxyl groups is 1. The van der Waals surface area contributed by atoms with E-state index in [0.717, 1.165) is 0 Å². The predicted molar refractivity (Wildman–Crippen MR) is 32.0 cm³/mol. The van der Waals surface area contributed by atoms with Gasteiger partial charge in [0.25, 0.3) is 0 Å². The Hall–Kier alpha value is -0.660. The summed E-state index contributed by atoms with van der Waals surface area (Å²) in [7, 11) is 0. The highest BCUT2D eigenvalue weighted by molar-refractivity contribution is 7.78.